The third-order valence-corrected chi connectivity index (χ3v) is 3.05. The van der Waals surface area contributed by atoms with Crippen LogP contribution in [0.3, 0.4) is 0 Å². The Labute approximate surface area is 149 Å². The lowest BCUT2D eigenvalue weighted by molar-refractivity contribution is 0.381. The van der Waals surface area contributed by atoms with Crippen LogP contribution in [0.5, 0.6) is 0 Å². The summed E-state index contributed by atoms with van der Waals surface area (Å²) in [5.74, 6) is 0.338. The number of nitrogens with two attached hydrogens (primary N) is 5. The summed E-state index contributed by atoms with van der Waals surface area (Å²) < 4.78 is 31.6. The van der Waals surface area contributed by atoms with Crippen molar-refractivity contribution in [2.24, 2.45) is 38.7 Å². The molecule has 0 aliphatic carbocycles. The van der Waals surface area contributed by atoms with Crippen LogP contribution in [0.4, 0.5) is 0 Å². The average molecular weight is 384 g/mol. The van der Waals surface area contributed by atoms with Crippen LogP contribution < -0.4 is 28.7 Å². The van der Waals surface area contributed by atoms with Crippen LogP contribution >= 0.6 is 0 Å². The second-order valence-corrected chi connectivity index (χ2v) is 6.42. The van der Waals surface area contributed by atoms with Crippen LogP contribution in [0.1, 0.15) is 51.4 Å². The molecular formula is C13H33N7O4S. The topological polar surface area (TPSA) is 229 Å². The van der Waals surface area contributed by atoms with Gasteiger partial charge >= 0.3 is 10.4 Å². The standard InChI is InChI=1S/C13H31N7.H2O4S/c14-11(7-3-1-5-9-19-12(15)16)8-4-2-6-10-20-13(17)18;1-5(2,3)4/h11H,1-10,14H2,(H4,15,16,19)(H4,17,18,20);(H2,1,2,3,4). The molecule has 0 aliphatic rings. The molecular weight excluding hydrogens is 350 g/mol. The predicted molar refractivity (Wildman–Crippen MR) is 100 cm³/mol. The van der Waals surface area contributed by atoms with Gasteiger partial charge in [0.15, 0.2) is 11.9 Å². The van der Waals surface area contributed by atoms with Crippen molar-refractivity contribution in [3.05, 3.63) is 0 Å². The molecule has 0 spiro atoms. The van der Waals surface area contributed by atoms with Crippen molar-refractivity contribution in [2.45, 2.75) is 57.4 Å². The lowest BCUT2D eigenvalue weighted by atomic mass is 10.0. The second kappa shape index (κ2) is 15.9. The summed E-state index contributed by atoms with van der Waals surface area (Å²) in [5.41, 5.74) is 27.1. The van der Waals surface area contributed by atoms with Gasteiger partial charge in [0.2, 0.25) is 0 Å². The van der Waals surface area contributed by atoms with Gasteiger partial charge in [-0.1, -0.05) is 25.7 Å². The Hall–Kier alpha value is -1.63. The Kier molecular flexibility index (Phi) is 16.3. The van der Waals surface area contributed by atoms with Crippen molar-refractivity contribution in [2.75, 3.05) is 13.1 Å². The molecule has 0 radical (unpaired) electrons. The van der Waals surface area contributed by atoms with E-state index in [0.717, 1.165) is 51.4 Å². The third-order valence-electron chi connectivity index (χ3n) is 3.05. The van der Waals surface area contributed by atoms with Gasteiger partial charge in [-0.15, -0.1) is 0 Å². The van der Waals surface area contributed by atoms with E-state index in [-0.39, 0.29) is 11.9 Å². The van der Waals surface area contributed by atoms with Crippen molar-refractivity contribution in [3.8, 4) is 0 Å². The van der Waals surface area contributed by atoms with Gasteiger partial charge in [0.1, 0.15) is 0 Å². The molecule has 0 aromatic rings. The maximum Gasteiger partial charge on any atom is 0.394 e. The zero-order valence-electron chi connectivity index (χ0n) is 14.5. The summed E-state index contributed by atoms with van der Waals surface area (Å²) in [6.07, 6.45) is 8.67. The highest BCUT2D eigenvalue weighted by Gasteiger charge is 2.02. The molecule has 0 bridgehead atoms. The van der Waals surface area contributed by atoms with Crippen molar-refractivity contribution in [1.29, 1.82) is 0 Å². The number of aliphatic imine (C=N–C) groups is 2. The Morgan fingerprint density at radius 3 is 1.36 bits per heavy atom. The maximum absolute atomic E-state index is 8.74. The maximum atomic E-state index is 8.74. The minimum absolute atomic E-state index is 0.169. The van der Waals surface area contributed by atoms with Gasteiger partial charge < -0.3 is 28.7 Å². The smallest absolute Gasteiger partial charge is 0.370 e. The lowest BCUT2D eigenvalue weighted by Crippen LogP contribution is -2.23. The summed E-state index contributed by atoms with van der Waals surface area (Å²) >= 11 is 0. The van der Waals surface area contributed by atoms with E-state index in [1.807, 2.05) is 0 Å². The van der Waals surface area contributed by atoms with Crippen LogP contribution in [0.15, 0.2) is 9.98 Å². The highest BCUT2D eigenvalue weighted by Crippen LogP contribution is 2.09. The molecule has 25 heavy (non-hydrogen) atoms. The van der Waals surface area contributed by atoms with Crippen molar-refractivity contribution >= 4 is 22.3 Å². The Morgan fingerprint density at radius 2 is 1.08 bits per heavy atom. The molecule has 0 saturated heterocycles. The molecule has 0 atom stereocenters. The molecule has 0 aliphatic heterocycles. The Bertz CT molecular complexity index is 439. The average Bonchev–Trinajstić information content (AvgIpc) is 2.44. The molecule has 0 heterocycles. The predicted octanol–water partition coefficient (Wildman–Crippen LogP) is -0.671. The summed E-state index contributed by atoms with van der Waals surface area (Å²) in [7, 11) is -4.67. The third kappa shape index (κ3) is 34.6. The van der Waals surface area contributed by atoms with Crippen LogP contribution in [-0.4, -0.2) is 48.6 Å². The molecule has 0 aromatic heterocycles. The SMILES string of the molecule is NC(N)=NCCCCCC(N)CCCCCN=C(N)N.O=S(=O)(O)O. The highest BCUT2D eigenvalue weighted by molar-refractivity contribution is 7.79. The first-order valence-electron chi connectivity index (χ1n) is 8.08. The largest absolute Gasteiger partial charge is 0.394 e. The van der Waals surface area contributed by atoms with Crippen molar-refractivity contribution in [1.82, 2.24) is 0 Å². The fourth-order valence-electron chi connectivity index (χ4n) is 1.95. The monoisotopic (exact) mass is 383 g/mol. The van der Waals surface area contributed by atoms with E-state index in [1.165, 1.54) is 0 Å². The van der Waals surface area contributed by atoms with E-state index >= 15 is 0 Å². The summed E-state index contributed by atoms with van der Waals surface area (Å²) in [4.78, 5) is 7.89. The normalized spacial score (nSPS) is 10.7. The molecule has 12 heteroatoms. The number of unbranched alkanes of at least 4 members (excludes halogenated alkanes) is 4. The quantitative estimate of drug-likeness (QED) is 0.0978. The zero-order valence-corrected chi connectivity index (χ0v) is 15.4. The number of nitrogens with zero attached hydrogens (tertiary/aromatic N) is 2. The summed E-state index contributed by atoms with van der Waals surface area (Å²) in [6.45, 7) is 1.42. The van der Waals surface area contributed by atoms with Crippen molar-refractivity contribution < 1.29 is 17.5 Å². The van der Waals surface area contributed by atoms with Gasteiger partial charge in [0.25, 0.3) is 0 Å². The second-order valence-electron chi connectivity index (χ2n) is 5.52. The molecule has 0 unspecified atom stereocenters. The van der Waals surface area contributed by atoms with E-state index < -0.39 is 10.4 Å². The first kappa shape index (κ1) is 25.6. The van der Waals surface area contributed by atoms with Gasteiger partial charge in [0, 0.05) is 19.1 Å². The Balaban J connectivity index is 0. The molecule has 0 fully saturated rings. The number of rotatable bonds is 12. The fraction of sp³-hybridized carbons (Fsp3) is 0.846. The van der Waals surface area contributed by atoms with E-state index in [2.05, 4.69) is 9.98 Å². The Morgan fingerprint density at radius 1 is 0.760 bits per heavy atom. The number of guanidine groups is 2. The van der Waals surface area contributed by atoms with Gasteiger partial charge in [-0.05, 0) is 25.7 Å². The zero-order chi connectivity index (χ0) is 19.7. The van der Waals surface area contributed by atoms with Crippen LogP contribution in [0.2, 0.25) is 0 Å². The van der Waals surface area contributed by atoms with Gasteiger partial charge in [-0.3, -0.25) is 19.1 Å². The minimum Gasteiger partial charge on any atom is -0.370 e. The van der Waals surface area contributed by atoms with E-state index in [4.69, 9.17) is 46.2 Å². The van der Waals surface area contributed by atoms with Crippen LogP contribution in [-0.2, 0) is 10.4 Å². The molecule has 12 N–H and O–H groups in total. The lowest BCUT2D eigenvalue weighted by Gasteiger charge is -2.10. The van der Waals surface area contributed by atoms with Crippen LogP contribution in [0, 0.1) is 0 Å². The first-order chi connectivity index (χ1) is 11.5. The van der Waals surface area contributed by atoms with E-state index in [9.17, 15) is 0 Å². The van der Waals surface area contributed by atoms with Crippen LogP contribution in [0.25, 0.3) is 0 Å². The fourth-order valence-corrected chi connectivity index (χ4v) is 1.95. The number of hydrogen-bond donors (Lipinski definition) is 7. The highest BCUT2D eigenvalue weighted by atomic mass is 32.3. The van der Waals surface area contributed by atoms with Gasteiger partial charge in [0.05, 0.1) is 0 Å². The molecule has 0 aromatic carbocycles. The first-order valence-corrected chi connectivity index (χ1v) is 9.48. The molecule has 11 nitrogen and oxygen atoms in total. The molecule has 0 saturated carbocycles. The molecule has 150 valence electrons. The minimum atomic E-state index is -4.67. The summed E-state index contributed by atoms with van der Waals surface area (Å²) in [5, 5.41) is 0. The van der Waals surface area contributed by atoms with E-state index in [0.29, 0.717) is 19.1 Å². The number of hydrogen-bond acceptors (Lipinski definition) is 5. The van der Waals surface area contributed by atoms with Crippen molar-refractivity contribution in [3.63, 3.8) is 0 Å². The van der Waals surface area contributed by atoms with Gasteiger partial charge in [-0.25, -0.2) is 0 Å². The van der Waals surface area contributed by atoms with Gasteiger partial charge in [-0.2, -0.15) is 8.42 Å². The summed E-state index contributed by atoms with van der Waals surface area (Å²) in [6, 6.07) is 0.293. The van der Waals surface area contributed by atoms with E-state index in [1.54, 1.807) is 0 Å². The molecule has 0 amide bonds. The molecule has 0 rings (SSSR count).